The summed E-state index contributed by atoms with van der Waals surface area (Å²) in [6.45, 7) is 0. The second-order valence-electron chi connectivity index (χ2n) is 3.56. The number of anilines is 1. The lowest BCUT2D eigenvalue weighted by molar-refractivity contribution is -0.274. The number of para-hydroxylation sites is 3. The molecule has 2 rings (SSSR count). The van der Waals surface area contributed by atoms with Crippen LogP contribution in [-0.2, 0) is 0 Å². The number of rotatable bonds is 4. The Morgan fingerprint density at radius 2 is 1.47 bits per heavy atom. The third-order valence-electron chi connectivity index (χ3n) is 2.13. The molecule has 0 saturated carbocycles. The van der Waals surface area contributed by atoms with Crippen molar-refractivity contribution in [1.29, 1.82) is 0 Å². The molecule has 0 aliphatic heterocycles. The van der Waals surface area contributed by atoms with Crippen molar-refractivity contribution in [3.8, 4) is 11.5 Å². The van der Waals surface area contributed by atoms with Gasteiger partial charge in [0.15, 0.2) is 11.5 Å². The lowest BCUT2D eigenvalue weighted by Crippen LogP contribution is -2.18. The summed E-state index contributed by atoms with van der Waals surface area (Å²) < 4.78 is 40.5. The molecule has 0 atom stereocenters. The minimum atomic E-state index is -4.75. The Morgan fingerprint density at radius 1 is 0.842 bits per heavy atom. The van der Waals surface area contributed by atoms with Gasteiger partial charge in [-0.25, -0.2) is 5.48 Å². The third kappa shape index (κ3) is 4.09. The molecule has 3 nitrogen and oxygen atoms in total. The van der Waals surface area contributed by atoms with Crippen LogP contribution in [0.15, 0.2) is 54.6 Å². The Morgan fingerprint density at radius 3 is 2.16 bits per heavy atom. The van der Waals surface area contributed by atoms with Crippen LogP contribution < -0.4 is 15.1 Å². The second-order valence-corrected chi connectivity index (χ2v) is 3.56. The Labute approximate surface area is 107 Å². The summed E-state index contributed by atoms with van der Waals surface area (Å²) in [5.41, 5.74) is 2.51. The van der Waals surface area contributed by atoms with Crippen LogP contribution in [0.1, 0.15) is 0 Å². The quantitative estimate of drug-likeness (QED) is 0.851. The number of halogens is 3. The van der Waals surface area contributed by atoms with Crippen LogP contribution in [-0.4, -0.2) is 6.36 Å². The van der Waals surface area contributed by atoms with E-state index in [0.29, 0.717) is 5.75 Å². The summed E-state index contributed by atoms with van der Waals surface area (Å²) in [6.07, 6.45) is -4.75. The summed E-state index contributed by atoms with van der Waals surface area (Å²) in [7, 11) is 0. The van der Waals surface area contributed by atoms with Crippen LogP contribution in [0, 0.1) is 0 Å². The predicted octanol–water partition coefficient (Wildman–Crippen LogP) is 3.99. The molecule has 0 fully saturated rings. The van der Waals surface area contributed by atoms with Gasteiger partial charge in [0.1, 0.15) is 5.69 Å². The zero-order valence-corrected chi connectivity index (χ0v) is 9.65. The van der Waals surface area contributed by atoms with Gasteiger partial charge >= 0.3 is 6.36 Å². The molecule has 1 N–H and O–H groups in total. The van der Waals surface area contributed by atoms with E-state index in [1.54, 1.807) is 36.4 Å². The fourth-order valence-corrected chi connectivity index (χ4v) is 1.37. The van der Waals surface area contributed by atoms with E-state index in [9.17, 15) is 13.2 Å². The predicted molar refractivity (Wildman–Crippen MR) is 63.8 cm³/mol. The molecule has 0 radical (unpaired) electrons. The average Bonchev–Trinajstić information content (AvgIpc) is 2.37. The maximum atomic E-state index is 12.2. The average molecular weight is 269 g/mol. The van der Waals surface area contributed by atoms with E-state index in [4.69, 9.17) is 4.84 Å². The van der Waals surface area contributed by atoms with Gasteiger partial charge in [0.25, 0.3) is 0 Å². The molecule has 0 unspecified atom stereocenters. The largest absolute Gasteiger partial charge is 0.573 e. The van der Waals surface area contributed by atoms with Gasteiger partial charge in [0.05, 0.1) is 0 Å². The normalized spacial score (nSPS) is 10.9. The van der Waals surface area contributed by atoms with Crippen molar-refractivity contribution < 1.29 is 22.7 Å². The zero-order valence-electron chi connectivity index (χ0n) is 9.65. The molecule has 100 valence electrons. The van der Waals surface area contributed by atoms with Crippen molar-refractivity contribution in [1.82, 2.24) is 0 Å². The first-order valence-electron chi connectivity index (χ1n) is 5.37. The van der Waals surface area contributed by atoms with Crippen LogP contribution in [0.3, 0.4) is 0 Å². The summed E-state index contributed by atoms with van der Waals surface area (Å²) in [5.74, 6) is 0.121. The molecule has 2 aromatic carbocycles. The first-order chi connectivity index (χ1) is 9.04. The highest BCUT2D eigenvalue weighted by atomic mass is 19.4. The molecule has 0 bridgehead atoms. The maximum absolute atomic E-state index is 12.2. The number of nitrogens with one attached hydrogen (secondary N) is 1. The van der Waals surface area contributed by atoms with Crippen LogP contribution in [0.2, 0.25) is 0 Å². The lowest BCUT2D eigenvalue weighted by Gasteiger charge is -2.14. The molecule has 0 aliphatic rings. The highest BCUT2D eigenvalue weighted by Crippen LogP contribution is 2.30. The van der Waals surface area contributed by atoms with Gasteiger partial charge in [-0.15, -0.1) is 13.2 Å². The molecule has 19 heavy (non-hydrogen) atoms. The van der Waals surface area contributed by atoms with Gasteiger partial charge < -0.3 is 9.57 Å². The van der Waals surface area contributed by atoms with Gasteiger partial charge in [0, 0.05) is 0 Å². The maximum Gasteiger partial charge on any atom is 0.573 e. The first-order valence-corrected chi connectivity index (χ1v) is 5.37. The highest BCUT2D eigenvalue weighted by molar-refractivity contribution is 5.55. The molecular weight excluding hydrogens is 259 g/mol. The third-order valence-corrected chi connectivity index (χ3v) is 2.13. The molecule has 0 amide bonds. The van der Waals surface area contributed by atoms with E-state index in [1.165, 1.54) is 18.2 Å². The van der Waals surface area contributed by atoms with E-state index in [2.05, 4.69) is 10.2 Å². The van der Waals surface area contributed by atoms with Crippen LogP contribution in [0.25, 0.3) is 0 Å². The van der Waals surface area contributed by atoms with E-state index >= 15 is 0 Å². The zero-order chi connectivity index (χ0) is 13.7. The summed E-state index contributed by atoms with van der Waals surface area (Å²) in [4.78, 5) is 5.15. The fourth-order valence-electron chi connectivity index (χ4n) is 1.37. The monoisotopic (exact) mass is 269 g/mol. The number of hydrogen-bond donors (Lipinski definition) is 1. The molecule has 0 spiro atoms. The Hall–Kier alpha value is -2.37. The Kier molecular flexibility index (Phi) is 3.79. The lowest BCUT2D eigenvalue weighted by atomic mass is 10.3. The van der Waals surface area contributed by atoms with Crippen molar-refractivity contribution in [2.75, 3.05) is 5.48 Å². The van der Waals surface area contributed by atoms with Gasteiger partial charge in [-0.05, 0) is 24.3 Å². The number of hydrogen-bond acceptors (Lipinski definition) is 3. The molecule has 6 heteroatoms. The smallest absolute Gasteiger partial charge is 0.403 e. The van der Waals surface area contributed by atoms with Crippen molar-refractivity contribution >= 4 is 5.69 Å². The standard InChI is InChI=1S/C13H10F3NO2/c14-13(15,16)18-12-9-5-4-8-11(12)17-19-10-6-2-1-3-7-10/h1-9,17H. The topological polar surface area (TPSA) is 30.5 Å². The van der Waals surface area contributed by atoms with Crippen LogP contribution >= 0.6 is 0 Å². The molecule has 2 aromatic rings. The van der Waals surface area contributed by atoms with Crippen LogP contribution in [0.5, 0.6) is 11.5 Å². The van der Waals surface area contributed by atoms with Gasteiger partial charge in [0.2, 0.25) is 0 Å². The molecule has 0 saturated heterocycles. The highest BCUT2D eigenvalue weighted by Gasteiger charge is 2.32. The summed E-state index contributed by atoms with van der Waals surface area (Å²) in [6, 6.07) is 14.3. The summed E-state index contributed by atoms with van der Waals surface area (Å²) >= 11 is 0. The van der Waals surface area contributed by atoms with Gasteiger partial charge in [-0.3, -0.25) is 0 Å². The Bertz CT molecular complexity index is 529. The number of benzene rings is 2. The van der Waals surface area contributed by atoms with Gasteiger partial charge in [-0.2, -0.15) is 0 Å². The minimum Gasteiger partial charge on any atom is -0.403 e. The van der Waals surface area contributed by atoms with E-state index in [0.717, 1.165) is 0 Å². The molecular formula is C13H10F3NO2. The fraction of sp³-hybridized carbons (Fsp3) is 0.0769. The van der Waals surface area contributed by atoms with Crippen molar-refractivity contribution in [3.05, 3.63) is 54.6 Å². The van der Waals surface area contributed by atoms with Crippen LogP contribution in [0.4, 0.5) is 18.9 Å². The summed E-state index contributed by atoms with van der Waals surface area (Å²) in [5, 5.41) is 0. The number of alkyl halides is 3. The van der Waals surface area contributed by atoms with Crippen molar-refractivity contribution in [2.45, 2.75) is 6.36 Å². The second kappa shape index (κ2) is 5.51. The van der Waals surface area contributed by atoms with E-state index < -0.39 is 6.36 Å². The minimum absolute atomic E-state index is 0.0867. The first kappa shape index (κ1) is 13.1. The molecule has 0 aliphatic carbocycles. The van der Waals surface area contributed by atoms with Crippen molar-refractivity contribution in [2.24, 2.45) is 0 Å². The van der Waals surface area contributed by atoms with Crippen molar-refractivity contribution in [3.63, 3.8) is 0 Å². The van der Waals surface area contributed by atoms with E-state index in [1.807, 2.05) is 0 Å². The SMILES string of the molecule is FC(F)(F)Oc1ccccc1NOc1ccccc1. The van der Waals surface area contributed by atoms with Gasteiger partial charge in [-0.1, -0.05) is 30.3 Å². The molecule has 0 aromatic heterocycles. The Balaban J connectivity index is 2.08. The van der Waals surface area contributed by atoms with E-state index in [-0.39, 0.29) is 11.4 Å². The number of ether oxygens (including phenoxy) is 1. The molecule has 0 heterocycles.